The van der Waals surface area contributed by atoms with Crippen molar-refractivity contribution in [3.05, 3.63) is 0 Å². The Labute approximate surface area is 96.8 Å². The van der Waals surface area contributed by atoms with Crippen LogP contribution in [0.25, 0.3) is 0 Å². The van der Waals surface area contributed by atoms with E-state index in [9.17, 15) is 8.42 Å². The summed E-state index contributed by atoms with van der Waals surface area (Å²) in [5.41, 5.74) is 0. The number of hydrogen-bond donors (Lipinski definition) is 0. The van der Waals surface area contributed by atoms with Gasteiger partial charge in [0.05, 0.1) is 12.7 Å². The van der Waals surface area contributed by atoms with Crippen LogP contribution in [0.15, 0.2) is 0 Å². The van der Waals surface area contributed by atoms with E-state index < -0.39 is 14.8 Å². The van der Waals surface area contributed by atoms with Crippen LogP contribution in [0.2, 0.25) is 0 Å². The van der Waals surface area contributed by atoms with E-state index >= 15 is 0 Å². The summed E-state index contributed by atoms with van der Waals surface area (Å²) in [6.07, 6.45) is 0.764. The molecule has 0 aromatic rings. The van der Waals surface area contributed by atoms with Crippen molar-refractivity contribution < 1.29 is 17.9 Å². The molecule has 0 aromatic carbocycles. The van der Waals surface area contributed by atoms with Gasteiger partial charge in [-0.25, -0.2) is 8.42 Å². The van der Waals surface area contributed by atoms with Gasteiger partial charge in [-0.05, 0) is 12.3 Å². The Bertz CT molecular complexity index is 363. The lowest BCUT2D eigenvalue weighted by molar-refractivity contribution is 0.0112. The third kappa shape index (κ3) is 1.59. The van der Waals surface area contributed by atoms with E-state index in [1.54, 1.807) is 14.2 Å². The third-order valence-corrected chi connectivity index (χ3v) is 6.47. The minimum Gasteiger partial charge on any atom is -0.383 e. The predicted molar refractivity (Wildman–Crippen MR) is 59.7 cm³/mol. The largest absolute Gasteiger partial charge is 0.383 e. The Hall–Kier alpha value is -0.170. The van der Waals surface area contributed by atoms with Crippen LogP contribution in [0.3, 0.4) is 0 Å². The molecule has 0 amide bonds. The minimum atomic E-state index is -3.22. The molecule has 1 aliphatic carbocycles. The first-order chi connectivity index (χ1) is 7.48. The van der Waals surface area contributed by atoms with Crippen molar-refractivity contribution >= 4 is 10.0 Å². The van der Waals surface area contributed by atoms with E-state index in [-0.39, 0.29) is 12.0 Å². The van der Waals surface area contributed by atoms with Crippen LogP contribution in [0.1, 0.15) is 13.3 Å². The second-order valence-corrected chi connectivity index (χ2v) is 7.06. The lowest BCUT2D eigenvalue weighted by atomic mass is 10.2. The number of hydrogen-bond acceptors (Lipinski definition) is 4. The molecule has 5 nitrogen and oxygen atoms in total. The fourth-order valence-electron chi connectivity index (χ4n) is 2.34. The van der Waals surface area contributed by atoms with Crippen molar-refractivity contribution in [1.29, 1.82) is 0 Å². The van der Waals surface area contributed by atoms with Gasteiger partial charge in [0, 0.05) is 27.3 Å². The third-order valence-electron chi connectivity index (χ3n) is 3.78. The predicted octanol–water partition coefficient (Wildman–Crippen LogP) is 0.0718. The molecule has 2 aliphatic rings. The SMILES string of the molecule is COC[C@]1(S(=O)(=O)N2CC(OC)C2)C[C@@H]1C. The highest BCUT2D eigenvalue weighted by Crippen LogP contribution is 2.52. The molecule has 0 aromatic heterocycles. The molecule has 2 atom stereocenters. The van der Waals surface area contributed by atoms with Gasteiger partial charge >= 0.3 is 0 Å². The molecule has 6 heteroatoms. The minimum absolute atomic E-state index is 0.0587. The number of sulfonamides is 1. The summed E-state index contributed by atoms with van der Waals surface area (Å²) >= 11 is 0. The van der Waals surface area contributed by atoms with Crippen LogP contribution in [-0.2, 0) is 19.5 Å². The summed E-state index contributed by atoms with van der Waals surface area (Å²) in [7, 11) is -0.0543. The van der Waals surface area contributed by atoms with Gasteiger partial charge in [-0.2, -0.15) is 4.31 Å². The van der Waals surface area contributed by atoms with Crippen molar-refractivity contribution in [2.75, 3.05) is 33.9 Å². The van der Waals surface area contributed by atoms with E-state index in [1.807, 2.05) is 6.92 Å². The van der Waals surface area contributed by atoms with Gasteiger partial charge in [0.2, 0.25) is 10.0 Å². The van der Waals surface area contributed by atoms with E-state index in [2.05, 4.69) is 0 Å². The zero-order valence-electron chi connectivity index (χ0n) is 9.97. The smallest absolute Gasteiger partial charge is 0.222 e. The average Bonchev–Trinajstić information content (AvgIpc) is 2.77. The fraction of sp³-hybridized carbons (Fsp3) is 1.00. The molecule has 1 saturated carbocycles. The monoisotopic (exact) mass is 249 g/mol. The van der Waals surface area contributed by atoms with Gasteiger partial charge in [-0.3, -0.25) is 0 Å². The average molecular weight is 249 g/mol. The van der Waals surface area contributed by atoms with E-state index in [0.29, 0.717) is 26.1 Å². The number of ether oxygens (including phenoxy) is 2. The lowest BCUT2D eigenvalue weighted by Crippen LogP contribution is -2.58. The quantitative estimate of drug-likeness (QED) is 0.692. The second kappa shape index (κ2) is 3.94. The van der Waals surface area contributed by atoms with Gasteiger partial charge < -0.3 is 9.47 Å². The molecule has 1 heterocycles. The Balaban J connectivity index is 2.08. The molecule has 0 bridgehead atoms. The van der Waals surface area contributed by atoms with E-state index in [1.165, 1.54) is 4.31 Å². The normalized spacial score (nSPS) is 36.1. The van der Waals surface area contributed by atoms with Gasteiger partial charge in [0.25, 0.3) is 0 Å². The molecule has 16 heavy (non-hydrogen) atoms. The molecule has 0 radical (unpaired) electrons. The zero-order chi connectivity index (χ0) is 12.0. The summed E-state index contributed by atoms with van der Waals surface area (Å²) in [6.45, 7) is 3.23. The summed E-state index contributed by atoms with van der Waals surface area (Å²) in [5, 5.41) is 0. The Morgan fingerprint density at radius 2 is 1.94 bits per heavy atom. The molecule has 2 rings (SSSR count). The lowest BCUT2D eigenvalue weighted by Gasteiger charge is -2.39. The molecule has 0 N–H and O–H groups in total. The molecule has 2 fully saturated rings. The summed E-state index contributed by atoms with van der Waals surface area (Å²) in [6, 6.07) is 0. The van der Waals surface area contributed by atoms with Gasteiger partial charge in [-0.15, -0.1) is 0 Å². The van der Waals surface area contributed by atoms with Crippen molar-refractivity contribution in [3.63, 3.8) is 0 Å². The standard InChI is InChI=1S/C10H19NO4S/c1-8-4-10(8,7-14-2)16(12,13)11-5-9(6-11)15-3/h8-9H,4-7H2,1-3H3/t8-,10+/m0/s1. The van der Waals surface area contributed by atoms with Crippen LogP contribution < -0.4 is 0 Å². The number of methoxy groups -OCH3 is 2. The molecule has 1 saturated heterocycles. The van der Waals surface area contributed by atoms with Gasteiger partial charge in [0.15, 0.2) is 0 Å². The van der Waals surface area contributed by atoms with Crippen LogP contribution in [0.5, 0.6) is 0 Å². The first kappa shape index (κ1) is 12.3. The maximum atomic E-state index is 12.3. The maximum Gasteiger partial charge on any atom is 0.222 e. The highest BCUT2D eigenvalue weighted by Gasteiger charge is 2.64. The summed E-state index contributed by atoms with van der Waals surface area (Å²) in [4.78, 5) is 0. The first-order valence-electron chi connectivity index (χ1n) is 5.49. The van der Waals surface area contributed by atoms with E-state index in [4.69, 9.17) is 9.47 Å². The topological polar surface area (TPSA) is 55.8 Å². The Kier molecular flexibility index (Phi) is 3.03. The Morgan fingerprint density at radius 1 is 1.38 bits per heavy atom. The summed E-state index contributed by atoms with van der Waals surface area (Å²) in [5.74, 6) is 0.194. The van der Waals surface area contributed by atoms with Crippen LogP contribution in [-0.4, -0.2) is 57.5 Å². The highest BCUT2D eigenvalue weighted by atomic mass is 32.2. The summed E-state index contributed by atoms with van der Waals surface area (Å²) < 4.78 is 35.7. The Morgan fingerprint density at radius 3 is 2.31 bits per heavy atom. The van der Waals surface area contributed by atoms with Crippen LogP contribution in [0.4, 0.5) is 0 Å². The van der Waals surface area contributed by atoms with E-state index in [0.717, 1.165) is 0 Å². The second-order valence-electron chi connectivity index (χ2n) is 4.78. The maximum absolute atomic E-state index is 12.3. The molecular weight excluding hydrogens is 230 g/mol. The van der Waals surface area contributed by atoms with Crippen molar-refractivity contribution in [1.82, 2.24) is 4.31 Å². The molecule has 0 unspecified atom stereocenters. The van der Waals surface area contributed by atoms with Crippen molar-refractivity contribution in [3.8, 4) is 0 Å². The number of rotatable bonds is 5. The molecular formula is C10H19NO4S. The van der Waals surface area contributed by atoms with Crippen LogP contribution in [0, 0.1) is 5.92 Å². The first-order valence-corrected chi connectivity index (χ1v) is 6.93. The highest BCUT2D eigenvalue weighted by molar-refractivity contribution is 7.91. The number of nitrogens with zero attached hydrogens (tertiary/aromatic N) is 1. The van der Waals surface area contributed by atoms with Crippen molar-refractivity contribution in [2.24, 2.45) is 5.92 Å². The molecule has 0 spiro atoms. The fourth-order valence-corrected chi connectivity index (χ4v) is 4.82. The zero-order valence-corrected chi connectivity index (χ0v) is 10.8. The van der Waals surface area contributed by atoms with Gasteiger partial charge in [-0.1, -0.05) is 6.92 Å². The molecule has 94 valence electrons. The van der Waals surface area contributed by atoms with Crippen LogP contribution >= 0.6 is 0 Å². The van der Waals surface area contributed by atoms with Gasteiger partial charge in [0.1, 0.15) is 4.75 Å². The van der Waals surface area contributed by atoms with Crippen molar-refractivity contribution in [2.45, 2.75) is 24.2 Å². The molecule has 1 aliphatic heterocycles.